The predicted octanol–water partition coefficient (Wildman–Crippen LogP) is 3.88. The lowest BCUT2D eigenvalue weighted by atomic mass is 10.2. The first kappa shape index (κ1) is 18.0. The Morgan fingerprint density at radius 2 is 2.09 bits per heavy atom. The Kier molecular flexibility index (Phi) is 6.62. The van der Waals surface area contributed by atoms with Crippen molar-refractivity contribution in [3.8, 4) is 0 Å². The minimum absolute atomic E-state index is 0.146. The number of rotatable bonds is 6. The van der Waals surface area contributed by atoms with Crippen molar-refractivity contribution in [1.29, 1.82) is 0 Å². The molecule has 0 aromatic heterocycles. The number of unbranched alkanes of at least 4 members (excludes halogenated alkanes) is 1. The number of benzene rings is 1. The van der Waals surface area contributed by atoms with E-state index in [1.54, 1.807) is 18.2 Å². The normalized spacial score (nSPS) is 16.3. The highest BCUT2D eigenvalue weighted by Crippen LogP contribution is 2.32. The summed E-state index contributed by atoms with van der Waals surface area (Å²) < 4.78 is 5.44. The van der Waals surface area contributed by atoms with Crippen LogP contribution in [-0.4, -0.2) is 34.2 Å². The van der Waals surface area contributed by atoms with Crippen LogP contribution in [0.1, 0.15) is 25.3 Å². The fraction of sp³-hybridized carbons (Fsp3) is 0.312. The Morgan fingerprint density at radius 1 is 1.39 bits per heavy atom. The van der Waals surface area contributed by atoms with Crippen molar-refractivity contribution < 1.29 is 14.3 Å². The van der Waals surface area contributed by atoms with Crippen molar-refractivity contribution in [2.24, 2.45) is 0 Å². The van der Waals surface area contributed by atoms with Gasteiger partial charge in [0.25, 0.3) is 5.91 Å². The van der Waals surface area contributed by atoms with E-state index < -0.39 is 5.97 Å². The number of hydrogen-bond acceptors (Lipinski definition) is 5. The zero-order valence-electron chi connectivity index (χ0n) is 12.6. The number of hydrogen-bond donors (Lipinski definition) is 0. The second-order valence-electron chi connectivity index (χ2n) is 4.89. The molecule has 0 saturated carbocycles. The fourth-order valence-electron chi connectivity index (χ4n) is 1.85. The van der Waals surface area contributed by atoms with Gasteiger partial charge in [-0.2, -0.15) is 0 Å². The average molecular weight is 370 g/mol. The first-order valence-corrected chi connectivity index (χ1v) is 8.78. The molecule has 1 fully saturated rings. The maximum absolute atomic E-state index is 12.4. The summed E-state index contributed by atoms with van der Waals surface area (Å²) in [5.74, 6) is -0.718. The molecule has 23 heavy (non-hydrogen) atoms. The molecule has 122 valence electrons. The smallest absolute Gasteiger partial charge is 0.326 e. The molecule has 1 aliphatic rings. The predicted molar refractivity (Wildman–Crippen MR) is 97.2 cm³/mol. The van der Waals surface area contributed by atoms with Crippen LogP contribution in [0.2, 0.25) is 5.02 Å². The third-order valence-electron chi connectivity index (χ3n) is 3.09. The fourth-order valence-corrected chi connectivity index (χ4v) is 3.23. The lowest BCUT2D eigenvalue weighted by Gasteiger charge is -2.13. The number of thiocarbonyl (C=S) groups is 1. The Balaban J connectivity index is 2.02. The van der Waals surface area contributed by atoms with Crippen LogP contribution in [0.15, 0.2) is 29.2 Å². The van der Waals surface area contributed by atoms with E-state index in [-0.39, 0.29) is 12.5 Å². The van der Waals surface area contributed by atoms with E-state index in [1.165, 1.54) is 16.7 Å². The number of carbonyl (C=O) groups excluding carboxylic acids is 2. The van der Waals surface area contributed by atoms with E-state index in [2.05, 4.69) is 0 Å². The molecule has 0 spiro atoms. The van der Waals surface area contributed by atoms with E-state index in [1.807, 2.05) is 19.1 Å². The maximum atomic E-state index is 12.4. The molecule has 0 atom stereocenters. The zero-order chi connectivity index (χ0) is 16.8. The molecule has 7 heteroatoms. The molecule has 4 nitrogen and oxygen atoms in total. The van der Waals surface area contributed by atoms with Gasteiger partial charge in [-0.05, 0) is 30.2 Å². The summed E-state index contributed by atoms with van der Waals surface area (Å²) in [7, 11) is 0. The van der Waals surface area contributed by atoms with Crippen LogP contribution in [-0.2, 0) is 14.3 Å². The second-order valence-corrected chi connectivity index (χ2v) is 7.01. The largest absolute Gasteiger partial charge is 0.464 e. The standard InChI is InChI=1S/C16H16ClNO3S2/c1-2-3-8-21-14(19)10-18-15(20)13(23-16(18)22)9-11-4-6-12(17)7-5-11/h4-7,9H,2-3,8,10H2,1H3/b13-9-. The van der Waals surface area contributed by atoms with Gasteiger partial charge in [0.1, 0.15) is 10.9 Å². The van der Waals surface area contributed by atoms with Crippen molar-refractivity contribution in [2.45, 2.75) is 19.8 Å². The van der Waals surface area contributed by atoms with Crippen LogP contribution >= 0.6 is 35.6 Å². The monoisotopic (exact) mass is 369 g/mol. The molecular weight excluding hydrogens is 354 g/mol. The molecular formula is C16H16ClNO3S2. The highest BCUT2D eigenvalue weighted by atomic mass is 35.5. The maximum Gasteiger partial charge on any atom is 0.326 e. The summed E-state index contributed by atoms with van der Waals surface area (Å²) in [6.07, 6.45) is 3.48. The molecule has 0 aliphatic carbocycles. The quantitative estimate of drug-likeness (QED) is 0.329. The van der Waals surface area contributed by atoms with Crippen molar-refractivity contribution >= 4 is 57.9 Å². The van der Waals surface area contributed by atoms with Crippen LogP contribution in [0.3, 0.4) is 0 Å². The van der Waals surface area contributed by atoms with Crippen molar-refractivity contribution in [2.75, 3.05) is 13.2 Å². The summed E-state index contributed by atoms with van der Waals surface area (Å²) in [6, 6.07) is 7.13. The SMILES string of the molecule is CCCCOC(=O)CN1C(=O)/C(=C/c2ccc(Cl)cc2)SC1=S. The van der Waals surface area contributed by atoms with Gasteiger partial charge in [0.2, 0.25) is 0 Å². The van der Waals surface area contributed by atoms with Gasteiger partial charge >= 0.3 is 5.97 Å². The molecule has 0 N–H and O–H groups in total. The second kappa shape index (κ2) is 8.47. The van der Waals surface area contributed by atoms with Gasteiger partial charge in [-0.25, -0.2) is 0 Å². The van der Waals surface area contributed by atoms with Crippen molar-refractivity contribution in [1.82, 2.24) is 4.90 Å². The lowest BCUT2D eigenvalue weighted by Crippen LogP contribution is -2.34. The molecule has 1 aliphatic heterocycles. The number of amides is 1. The molecule has 0 unspecified atom stereocenters. The van der Waals surface area contributed by atoms with Gasteiger partial charge in [0, 0.05) is 5.02 Å². The summed E-state index contributed by atoms with van der Waals surface area (Å²) in [6.45, 7) is 2.23. The first-order valence-electron chi connectivity index (χ1n) is 7.18. The van der Waals surface area contributed by atoms with E-state index in [0.717, 1.165) is 18.4 Å². The van der Waals surface area contributed by atoms with Gasteiger partial charge in [0.15, 0.2) is 0 Å². The highest BCUT2D eigenvalue weighted by Gasteiger charge is 2.33. The van der Waals surface area contributed by atoms with Gasteiger partial charge in [0.05, 0.1) is 11.5 Å². The van der Waals surface area contributed by atoms with Crippen LogP contribution in [0.4, 0.5) is 0 Å². The van der Waals surface area contributed by atoms with E-state index >= 15 is 0 Å². The minimum Gasteiger partial charge on any atom is -0.464 e. The number of esters is 1. The van der Waals surface area contributed by atoms with Crippen molar-refractivity contribution in [3.63, 3.8) is 0 Å². The van der Waals surface area contributed by atoms with Crippen LogP contribution in [0.5, 0.6) is 0 Å². The molecule has 1 heterocycles. The lowest BCUT2D eigenvalue weighted by molar-refractivity contribution is -0.146. The minimum atomic E-state index is -0.442. The summed E-state index contributed by atoms with van der Waals surface area (Å²) >= 11 is 12.2. The van der Waals surface area contributed by atoms with Crippen LogP contribution in [0, 0.1) is 0 Å². The molecule has 1 aromatic carbocycles. The van der Waals surface area contributed by atoms with Crippen molar-refractivity contribution in [3.05, 3.63) is 39.8 Å². The number of nitrogens with zero attached hydrogens (tertiary/aromatic N) is 1. The molecule has 1 amide bonds. The Labute approximate surface area is 149 Å². The van der Waals surface area contributed by atoms with Gasteiger partial charge < -0.3 is 4.74 Å². The number of thioether (sulfide) groups is 1. The Hall–Kier alpha value is -1.37. The summed E-state index contributed by atoms with van der Waals surface area (Å²) in [5.41, 5.74) is 0.848. The van der Waals surface area contributed by atoms with Gasteiger partial charge in [-0.15, -0.1) is 0 Å². The van der Waals surface area contributed by atoms with E-state index in [0.29, 0.717) is 20.9 Å². The van der Waals surface area contributed by atoms with Gasteiger partial charge in [-0.1, -0.05) is 61.1 Å². The van der Waals surface area contributed by atoms with Crippen LogP contribution in [0.25, 0.3) is 6.08 Å². The van der Waals surface area contributed by atoms with Crippen LogP contribution < -0.4 is 0 Å². The third-order valence-corrected chi connectivity index (χ3v) is 4.72. The molecule has 0 radical (unpaired) electrons. The van der Waals surface area contributed by atoms with Gasteiger partial charge in [-0.3, -0.25) is 14.5 Å². The average Bonchev–Trinajstić information content (AvgIpc) is 2.77. The summed E-state index contributed by atoms with van der Waals surface area (Å²) in [5, 5.41) is 0.629. The number of carbonyl (C=O) groups is 2. The zero-order valence-corrected chi connectivity index (χ0v) is 15.0. The third kappa shape index (κ3) is 5.06. The first-order chi connectivity index (χ1) is 11.0. The molecule has 1 saturated heterocycles. The number of ether oxygens (including phenoxy) is 1. The number of halogens is 1. The Morgan fingerprint density at radius 3 is 2.74 bits per heavy atom. The highest BCUT2D eigenvalue weighted by molar-refractivity contribution is 8.26. The molecule has 2 rings (SSSR count). The van der Waals surface area contributed by atoms with E-state index in [4.69, 9.17) is 28.6 Å². The molecule has 1 aromatic rings. The molecule has 0 bridgehead atoms. The topological polar surface area (TPSA) is 46.6 Å². The Bertz CT molecular complexity index is 643. The summed E-state index contributed by atoms with van der Waals surface area (Å²) in [4.78, 5) is 25.9. The van der Waals surface area contributed by atoms with E-state index in [9.17, 15) is 9.59 Å².